The topological polar surface area (TPSA) is 21.8 Å². The second-order valence-corrected chi connectivity index (χ2v) is 16.7. The number of hydrogen-bond donors (Lipinski definition) is 1. The zero-order valence-corrected chi connectivity index (χ0v) is 36.5. The lowest BCUT2D eigenvalue weighted by molar-refractivity contribution is 0.868. The lowest BCUT2D eigenvalue weighted by Crippen LogP contribution is -2.22. The van der Waals surface area contributed by atoms with Gasteiger partial charge in [-0.1, -0.05) is 152 Å². The third-order valence-electron chi connectivity index (χ3n) is 12.4. The monoisotopic (exact) mass is 848 g/mol. The van der Waals surface area contributed by atoms with Crippen LogP contribution >= 0.6 is 0 Å². The maximum atomic E-state index is 3.67. The van der Waals surface area contributed by atoms with Gasteiger partial charge < -0.3 is 20.0 Å². The zero-order chi connectivity index (χ0) is 44.1. The molecule has 0 radical (unpaired) electrons. The lowest BCUT2D eigenvalue weighted by atomic mass is 10.0. The van der Waals surface area contributed by atoms with E-state index in [4.69, 9.17) is 0 Å². The fraction of sp³-hybridized carbons (Fsp3) is 0.0323. The fourth-order valence-electron chi connectivity index (χ4n) is 9.11. The molecule has 0 bridgehead atoms. The van der Waals surface area contributed by atoms with E-state index in [1.165, 1.54) is 21.5 Å². The van der Waals surface area contributed by atoms with E-state index < -0.39 is 0 Å². The number of hydrogen-bond acceptors (Lipinski definition) is 4. The Morgan fingerprint density at radius 2 is 0.682 bits per heavy atom. The molecule has 0 spiro atoms. The molecule has 0 saturated heterocycles. The Balaban J connectivity index is 0.906. The molecule has 1 N–H and O–H groups in total. The van der Waals surface area contributed by atoms with Gasteiger partial charge in [0.1, 0.15) is 0 Å². The number of anilines is 9. The SMILES string of the molecule is C1=CC(Nc2ccccc2)CC=C1N(c1ccc(-c2ccc(N(c3ccc(N(c4ccccc4)c4ccccc4)cc3)c3ccc4ccccc4c3)cc2)cc1)c1ccc2ccccc2c1. The standard InChI is InChI=1S/C62H48N4/c1-4-18-52(19-5-1)63-53-30-38-58(39-31-53)65(61-36-28-46-14-10-12-16-50(46)44-61)56-32-24-48(25-33-56)49-26-34-57(35-27-49)66(62-37-29-47-15-11-13-17-51(47)45-62)60-42-40-59(41-43-60)64(54-20-6-2-7-21-54)55-22-8-3-9-23-55/h1-30,32-45,53,63H,31H2. The molecule has 0 saturated carbocycles. The summed E-state index contributed by atoms with van der Waals surface area (Å²) in [4.78, 5) is 7.03. The van der Waals surface area contributed by atoms with Crippen molar-refractivity contribution in [2.75, 3.05) is 20.0 Å². The molecule has 10 aromatic rings. The second-order valence-electron chi connectivity index (χ2n) is 16.7. The largest absolute Gasteiger partial charge is 0.379 e. The van der Waals surface area contributed by atoms with E-state index in [2.05, 4.69) is 287 Å². The minimum absolute atomic E-state index is 0.223. The first kappa shape index (κ1) is 40.2. The summed E-state index contributed by atoms with van der Waals surface area (Å²) in [5, 5.41) is 8.54. The van der Waals surface area contributed by atoms with Crippen molar-refractivity contribution < 1.29 is 0 Å². The predicted octanol–water partition coefficient (Wildman–Crippen LogP) is 17.1. The van der Waals surface area contributed by atoms with Gasteiger partial charge in [-0.2, -0.15) is 0 Å². The quantitative estimate of drug-likeness (QED) is 0.132. The molecular formula is C62H48N4. The summed E-state index contributed by atoms with van der Waals surface area (Å²) in [6.07, 6.45) is 7.77. The highest BCUT2D eigenvalue weighted by Gasteiger charge is 2.20. The first-order valence-corrected chi connectivity index (χ1v) is 22.7. The maximum Gasteiger partial charge on any atom is 0.0483 e. The van der Waals surface area contributed by atoms with Crippen LogP contribution in [0.5, 0.6) is 0 Å². The Morgan fingerprint density at radius 1 is 0.318 bits per heavy atom. The van der Waals surface area contributed by atoms with Crippen molar-refractivity contribution in [2.24, 2.45) is 0 Å². The third-order valence-corrected chi connectivity index (χ3v) is 12.4. The number of nitrogens with one attached hydrogen (secondary N) is 1. The van der Waals surface area contributed by atoms with Gasteiger partial charge in [0.05, 0.1) is 0 Å². The van der Waals surface area contributed by atoms with Gasteiger partial charge in [-0.05, 0) is 154 Å². The van der Waals surface area contributed by atoms with Gasteiger partial charge in [0.15, 0.2) is 0 Å². The van der Waals surface area contributed by atoms with Gasteiger partial charge in [-0.25, -0.2) is 0 Å². The van der Waals surface area contributed by atoms with E-state index in [-0.39, 0.29) is 6.04 Å². The van der Waals surface area contributed by atoms with Crippen LogP contribution in [-0.2, 0) is 0 Å². The Kier molecular flexibility index (Phi) is 11.1. The van der Waals surface area contributed by atoms with Crippen LogP contribution in [0.2, 0.25) is 0 Å². The van der Waals surface area contributed by atoms with Crippen LogP contribution in [0.15, 0.2) is 273 Å². The summed E-state index contributed by atoms with van der Waals surface area (Å²) >= 11 is 0. The summed E-state index contributed by atoms with van der Waals surface area (Å²) in [6.45, 7) is 0. The average molecular weight is 849 g/mol. The van der Waals surface area contributed by atoms with Gasteiger partial charge >= 0.3 is 0 Å². The van der Waals surface area contributed by atoms with Crippen LogP contribution in [0, 0.1) is 0 Å². The zero-order valence-electron chi connectivity index (χ0n) is 36.5. The van der Waals surface area contributed by atoms with Crippen molar-refractivity contribution in [3.05, 3.63) is 273 Å². The molecule has 0 aromatic heterocycles. The van der Waals surface area contributed by atoms with E-state index in [0.29, 0.717) is 0 Å². The molecule has 1 unspecified atom stereocenters. The van der Waals surface area contributed by atoms with E-state index in [9.17, 15) is 0 Å². The number of fused-ring (bicyclic) bond motifs is 2. The highest BCUT2D eigenvalue weighted by Crippen LogP contribution is 2.41. The van der Waals surface area contributed by atoms with Gasteiger partial charge in [-0.15, -0.1) is 0 Å². The van der Waals surface area contributed by atoms with E-state index in [1.54, 1.807) is 0 Å². The Labute approximate surface area is 387 Å². The van der Waals surface area contributed by atoms with Crippen molar-refractivity contribution in [3.8, 4) is 11.1 Å². The normalized spacial score (nSPS) is 13.3. The molecular weight excluding hydrogens is 801 g/mol. The lowest BCUT2D eigenvalue weighted by Gasteiger charge is -2.30. The predicted molar refractivity (Wildman–Crippen MR) is 281 cm³/mol. The van der Waals surface area contributed by atoms with Crippen molar-refractivity contribution in [3.63, 3.8) is 0 Å². The summed E-state index contributed by atoms with van der Waals surface area (Å²) in [6, 6.07) is 89.2. The molecule has 4 heteroatoms. The molecule has 1 aliphatic carbocycles. The number of nitrogens with zero attached hydrogens (tertiary/aromatic N) is 3. The first-order valence-electron chi connectivity index (χ1n) is 22.7. The van der Waals surface area contributed by atoms with Crippen LogP contribution in [0.1, 0.15) is 6.42 Å². The Bertz CT molecular complexity index is 3250. The molecule has 316 valence electrons. The average Bonchev–Trinajstić information content (AvgIpc) is 3.39. The smallest absolute Gasteiger partial charge is 0.0483 e. The minimum atomic E-state index is 0.223. The minimum Gasteiger partial charge on any atom is -0.379 e. The third kappa shape index (κ3) is 8.44. The number of allylic oxidation sites excluding steroid dienone is 1. The van der Waals surface area contributed by atoms with E-state index in [0.717, 1.165) is 74.4 Å². The van der Waals surface area contributed by atoms with Gasteiger partial charge in [0, 0.05) is 62.9 Å². The van der Waals surface area contributed by atoms with Crippen LogP contribution < -0.4 is 20.0 Å². The number of benzene rings is 10. The van der Waals surface area contributed by atoms with Crippen molar-refractivity contribution in [2.45, 2.75) is 12.5 Å². The van der Waals surface area contributed by atoms with Crippen molar-refractivity contribution in [1.29, 1.82) is 0 Å². The molecule has 11 rings (SSSR count). The second kappa shape index (κ2) is 18.2. The van der Waals surface area contributed by atoms with Gasteiger partial charge in [-0.3, -0.25) is 0 Å². The molecule has 1 aliphatic rings. The van der Waals surface area contributed by atoms with E-state index in [1.807, 2.05) is 0 Å². The highest BCUT2D eigenvalue weighted by molar-refractivity contribution is 5.91. The first-order chi connectivity index (χ1) is 32.7. The Morgan fingerprint density at radius 3 is 1.15 bits per heavy atom. The Hall–Kier alpha value is -8.60. The summed E-state index contributed by atoms with van der Waals surface area (Å²) in [7, 11) is 0. The summed E-state index contributed by atoms with van der Waals surface area (Å²) in [5.74, 6) is 0. The van der Waals surface area contributed by atoms with Crippen molar-refractivity contribution >= 4 is 72.7 Å². The van der Waals surface area contributed by atoms with Crippen LogP contribution in [0.3, 0.4) is 0 Å². The molecule has 10 aromatic carbocycles. The highest BCUT2D eigenvalue weighted by atomic mass is 15.2. The summed E-state index contributed by atoms with van der Waals surface area (Å²) in [5.41, 5.74) is 13.4. The van der Waals surface area contributed by atoms with E-state index >= 15 is 0 Å². The molecule has 66 heavy (non-hydrogen) atoms. The van der Waals surface area contributed by atoms with Crippen LogP contribution in [0.4, 0.5) is 51.2 Å². The molecule has 0 heterocycles. The van der Waals surface area contributed by atoms with Crippen molar-refractivity contribution in [1.82, 2.24) is 0 Å². The number of para-hydroxylation sites is 3. The molecule has 4 nitrogen and oxygen atoms in total. The molecule has 0 fully saturated rings. The molecule has 1 atom stereocenters. The maximum absolute atomic E-state index is 3.67. The summed E-state index contributed by atoms with van der Waals surface area (Å²) < 4.78 is 0. The molecule has 0 aliphatic heterocycles. The fourth-order valence-corrected chi connectivity index (χ4v) is 9.11. The van der Waals surface area contributed by atoms with Gasteiger partial charge in [0.25, 0.3) is 0 Å². The van der Waals surface area contributed by atoms with Crippen LogP contribution in [-0.4, -0.2) is 6.04 Å². The van der Waals surface area contributed by atoms with Gasteiger partial charge in [0.2, 0.25) is 0 Å². The molecule has 0 amide bonds. The van der Waals surface area contributed by atoms with Crippen LogP contribution in [0.25, 0.3) is 32.7 Å². The number of rotatable bonds is 12.